The lowest BCUT2D eigenvalue weighted by Crippen LogP contribution is -2.39. The topological polar surface area (TPSA) is 36.4 Å². The number of guanidine groups is 1. The molecule has 0 amide bonds. The number of benzene rings is 1. The van der Waals surface area contributed by atoms with E-state index in [0.717, 1.165) is 18.1 Å². The highest BCUT2D eigenvalue weighted by atomic mass is 35.5. The van der Waals surface area contributed by atoms with Crippen LogP contribution < -0.4 is 10.6 Å². The molecule has 1 aliphatic heterocycles. The predicted molar refractivity (Wildman–Crippen MR) is 90.1 cm³/mol. The normalized spacial score (nSPS) is 19.1. The van der Waals surface area contributed by atoms with Gasteiger partial charge in [-0.15, -0.1) is 0 Å². The van der Waals surface area contributed by atoms with Crippen molar-refractivity contribution in [2.24, 2.45) is 4.99 Å². The number of rotatable bonds is 4. The molecule has 1 aliphatic rings. The molecule has 0 bridgehead atoms. The molecule has 0 aromatic heterocycles. The van der Waals surface area contributed by atoms with Crippen LogP contribution in [-0.2, 0) is 6.54 Å². The van der Waals surface area contributed by atoms with Gasteiger partial charge in [-0.05, 0) is 36.3 Å². The van der Waals surface area contributed by atoms with Crippen molar-refractivity contribution in [3.63, 3.8) is 0 Å². The van der Waals surface area contributed by atoms with Gasteiger partial charge in [-0.25, -0.2) is 0 Å². The first-order chi connectivity index (χ1) is 9.69. The highest BCUT2D eigenvalue weighted by Crippen LogP contribution is 2.25. The van der Waals surface area contributed by atoms with E-state index in [-0.39, 0.29) is 0 Å². The van der Waals surface area contributed by atoms with Gasteiger partial charge in [-0.1, -0.05) is 29.3 Å². The fourth-order valence-electron chi connectivity index (χ4n) is 2.08. The van der Waals surface area contributed by atoms with E-state index in [4.69, 9.17) is 23.2 Å². The highest BCUT2D eigenvalue weighted by Gasteiger charge is 2.15. The fraction of sp³-hybridized carbons (Fsp3) is 0.500. The van der Waals surface area contributed by atoms with Crippen LogP contribution in [-0.4, -0.2) is 30.6 Å². The van der Waals surface area contributed by atoms with Gasteiger partial charge in [0.1, 0.15) is 0 Å². The minimum atomic E-state index is 0.632. The van der Waals surface area contributed by atoms with Gasteiger partial charge in [0.25, 0.3) is 0 Å². The molecule has 1 heterocycles. The molecule has 0 radical (unpaired) electrons. The zero-order valence-electron chi connectivity index (χ0n) is 11.5. The maximum atomic E-state index is 6.15. The van der Waals surface area contributed by atoms with Gasteiger partial charge in [-0.3, -0.25) is 4.99 Å². The van der Waals surface area contributed by atoms with Crippen molar-refractivity contribution < 1.29 is 0 Å². The summed E-state index contributed by atoms with van der Waals surface area (Å²) in [7, 11) is 1.78. The number of nitrogens with one attached hydrogen (secondary N) is 2. The van der Waals surface area contributed by atoms with E-state index in [2.05, 4.69) is 15.6 Å². The molecule has 6 heteroatoms. The number of aliphatic imine (C=N–C) groups is 1. The Kier molecular flexibility index (Phi) is 6.33. The average molecular weight is 332 g/mol. The molecule has 20 heavy (non-hydrogen) atoms. The average Bonchev–Trinajstić information content (AvgIpc) is 2.94. The Morgan fingerprint density at radius 3 is 2.90 bits per heavy atom. The summed E-state index contributed by atoms with van der Waals surface area (Å²) in [4.78, 5) is 4.23. The molecular formula is C14H19Cl2N3S. The van der Waals surface area contributed by atoms with Gasteiger partial charge < -0.3 is 10.6 Å². The molecule has 0 saturated carbocycles. The van der Waals surface area contributed by atoms with Crippen molar-refractivity contribution in [1.82, 2.24) is 10.6 Å². The van der Waals surface area contributed by atoms with Gasteiger partial charge in [0.05, 0.1) is 0 Å². The van der Waals surface area contributed by atoms with Crippen molar-refractivity contribution in [1.29, 1.82) is 0 Å². The van der Waals surface area contributed by atoms with Crippen LogP contribution in [0.5, 0.6) is 0 Å². The molecule has 3 nitrogen and oxygen atoms in total. The Morgan fingerprint density at radius 2 is 2.25 bits per heavy atom. The SMILES string of the molecule is CN=C(NCc1ccc(Cl)cc1Cl)NCC1CCCS1. The lowest BCUT2D eigenvalue weighted by Gasteiger charge is -2.15. The van der Waals surface area contributed by atoms with Gasteiger partial charge >= 0.3 is 0 Å². The molecule has 1 aromatic carbocycles. The van der Waals surface area contributed by atoms with E-state index in [1.54, 1.807) is 13.1 Å². The minimum absolute atomic E-state index is 0.632. The molecule has 2 rings (SSSR count). The summed E-state index contributed by atoms with van der Waals surface area (Å²) in [6.07, 6.45) is 2.61. The summed E-state index contributed by atoms with van der Waals surface area (Å²) in [5.74, 6) is 2.09. The molecule has 1 unspecified atom stereocenters. The van der Waals surface area contributed by atoms with Crippen molar-refractivity contribution in [3.8, 4) is 0 Å². The Morgan fingerprint density at radius 1 is 1.40 bits per heavy atom. The maximum Gasteiger partial charge on any atom is 0.191 e. The third-order valence-electron chi connectivity index (χ3n) is 3.21. The van der Waals surface area contributed by atoms with Crippen molar-refractivity contribution in [3.05, 3.63) is 33.8 Å². The van der Waals surface area contributed by atoms with Gasteiger partial charge in [-0.2, -0.15) is 11.8 Å². The second kappa shape index (κ2) is 8.01. The van der Waals surface area contributed by atoms with E-state index in [1.807, 2.05) is 23.9 Å². The fourth-order valence-corrected chi connectivity index (χ4v) is 3.76. The van der Waals surface area contributed by atoms with E-state index < -0.39 is 0 Å². The van der Waals surface area contributed by atoms with Crippen molar-refractivity contribution in [2.45, 2.75) is 24.6 Å². The molecular weight excluding hydrogens is 313 g/mol. The Bertz CT molecular complexity index is 473. The van der Waals surface area contributed by atoms with E-state index in [1.165, 1.54) is 18.6 Å². The van der Waals surface area contributed by atoms with Crippen LogP contribution in [0, 0.1) is 0 Å². The van der Waals surface area contributed by atoms with E-state index >= 15 is 0 Å². The van der Waals surface area contributed by atoms with Crippen LogP contribution in [0.15, 0.2) is 23.2 Å². The zero-order valence-corrected chi connectivity index (χ0v) is 13.8. The minimum Gasteiger partial charge on any atom is -0.355 e. The van der Waals surface area contributed by atoms with Crippen LogP contribution in [0.3, 0.4) is 0 Å². The maximum absolute atomic E-state index is 6.15. The molecule has 0 aliphatic carbocycles. The third kappa shape index (κ3) is 4.76. The monoisotopic (exact) mass is 331 g/mol. The van der Waals surface area contributed by atoms with Crippen LogP contribution >= 0.6 is 35.0 Å². The smallest absolute Gasteiger partial charge is 0.191 e. The summed E-state index contributed by atoms with van der Waals surface area (Å²) in [5.41, 5.74) is 1.01. The van der Waals surface area contributed by atoms with Gasteiger partial charge in [0, 0.05) is 35.4 Å². The second-order valence-corrected chi connectivity index (χ2v) is 6.93. The lowest BCUT2D eigenvalue weighted by molar-refractivity contribution is 0.726. The number of halogens is 2. The summed E-state index contributed by atoms with van der Waals surface area (Å²) in [5, 5.41) is 8.66. The molecule has 1 aromatic rings. The Hall–Kier alpha value is -0.580. The van der Waals surface area contributed by atoms with E-state index in [9.17, 15) is 0 Å². The summed E-state index contributed by atoms with van der Waals surface area (Å²) in [6, 6.07) is 5.53. The molecule has 1 saturated heterocycles. The first-order valence-corrected chi connectivity index (χ1v) is 8.49. The molecule has 1 fully saturated rings. The van der Waals surface area contributed by atoms with Crippen LogP contribution in [0.4, 0.5) is 0 Å². The number of thioether (sulfide) groups is 1. The van der Waals surface area contributed by atoms with E-state index in [0.29, 0.717) is 21.8 Å². The highest BCUT2D eigenvalue weighted by molar-refractivity contribution is 8.00. The first-order valence-electron chi connectivity index (χ1n) is 6.69. The van der Waals surface area contributed by atoms with Crippen molar-refractivity contribution in [2.75, 3.05) is 19.3 Å². The standard InChI is InChI=1S/C14H19Cl2N3S/c1-17-14(19-9-12-3-2-6-20-12)18-8-10-4-5-11(15)7-13(10)16/h4-5,7,12H,2-3,6,8-9H2,1H3,(H2,17,18,19). The summed E-state index contributed by atoms with van der Waals surface area (Å²) >= 11 is 14.1. The molecule has 110 valence electrons. The molecule has 1 atom stereocenters. The number of nitrogens with zero attached hydrogens (tertiary/aromatic N) is 1. The number of hydrogen-bond donors (Lipinski definition) is 2. The van der Waals surface area contributed by atoms with Crippen molar-refractivity contribution >= 4 is 40.9 Å². The zero-order chi connectivity index (χ0) is 14.4. The quantitative estimate of drug-likeness (QED) is 0.654. The molecule has 0 spiro atoms. The summed E-state index contributed by atoms with van der Waals surface area (Å²) in [6.45, 7) is 1.59. The molecule has 2 N–H and O–H groups in total. The Balaban J connectivity index is 1.81. The van der Waals surface area contributed by atoms with Crippen LogP contribution in [0.25, 0.3) is 0 Å². The lowest BCUT2D eigenvalue weighted by atomic mass is 10.2. The predicted octanol–water partition coefficient (Wildman–Crippen LogP) is 3.55. The van der Waals surface area contributed by atoms with Crippen LogP contribution in [0.2, 0.25) is 10.0 Å². The largest absolute Gasteiger partial charge is 0.355 e. The first kappa shape index (κ1) is 15.8. The number of hydrogen-bond acceptors (Lipinski definition) is 2. The van der Waals surface area contributed by atoms with Gasteiger partial charge in [0.15, 0.2) is 5.96 Å². The Labute approximate surface area is 134 Å². The third-order valence-corrected chi connectivity index (χ3v) is 5.19. The summed E-state index contributed by atoms with van der Waals surface area (Å²) < 4.78 is 0. The van der Waals surface area contributed by atoms with Gasteiger partial charge in [0.2, 0.25) is 0 Å². The second-order valence-electron chi connectivity index (χ2n) is 4.68. The van der Waals surface area contributed by atoms with Crippen LogP contribution in [0.1, 0.15) is 18.4 Å².